The molecule has 2 aliphatic rings. The second-order valence-electron chi connectivity index (χ2n) is 4.55. The number of ether oxygens (including phenoxy) is 1. The van der Waals surface area contributed by atoms with Crippen LogP contribution in [0.5, 0.6) is 0 Å². The van der Waals surface area contributed by atoms with Gasteiger partial charge in [0.25, 0.3) is 0 Å². The van der Waals surface area contributed by atoms with Crippen molar-refractivity contribution in [1.29, 1.82) is 0 Å². The van der Waals surface area contributed by atoms with Crippen LogP contribution in [0.25, 0.3) is 0 Å². The number of hydrogen-bond acceptors (Lipinski definition) is 3. The molecule has 1 aliphatic heterocycles. The van der Waals surface area contributed by atoms with Gasteiger partial charge in [-0.25, -0.2) is 0 Å². The highest BCUT2D eigenvalue weighted by Gasteiger charge is 2.52. The Morgan fingerprint density at radius 1 is 1.26 bits per heavy atom. The van der Waals surface area contributed by atoms with E-state index in [-0.39, 0.29) is 12.8 Å². The van der Waals surface area contributed by atoms with Gasteiger partial charge in [-0.3, -0.25) is 9.59 Å². The fourth-order valence-electron chi connectivity index (χ4n) is 2.06. The number of hydrogen-bond donors (Lipinski definition) is 0. The number of esters is 2. The second-order valence-corrected chi connectivity index (χ2v) is 5.23. The maximum Gasteiger partial charge on any atom is 0.411 e. The van der Waals surface area contributed by atoms with Crippen LogP contribution in [0.4, 0.5) is 13.2 Å². The van der Waals surface area contributed by atoms with Crippen molar-refractivity contribution in [1.82, 2.24) is 0 Å². The van der Waals surface area contributed by atoms with Crippen LogP contribution in [0.2, 0.25) is 0 Å². The van der Waals surface area contributed by atoms with Crippen molar-refractivity contribution in [2.75, 3.05) is 0 Å². The molecule has 0 aromatic carbocycles. The molecular formula is C12H10ClF3O3. The molecule has 0 aromatic heterocycles. The fraction of sp³-hybridized carbons (Fsp3) is 0.500. The number of carbonyl (C=O) groups excluding carboxylic acids is 2. The number of alkyl halides is 4. The van der Waals surface area contributed by atoms with Gasteiger partial charge in [-0.2, -0.15) is 13.2 Å². The first-order valence-corrected chi connectivity index (χ1v) is 5.97. The van der Waals surface area contributed by atoms with E-state index in [1.807, 2.05) is 0 Å². The van der Waals surface area contributed by atoms with Crippen LogP contribution in [0.15, 0.2) is 23.8 Å². The van der Waals surface area contributed by atoms with Crippen molar-refractivity contribution in [3.8, 4) is 0 Å². The molecule has 0 saturated carbocycles. The van der Waals surface area contributed by atoms with E-state index in [9.17, 15) is 22.8 Å². The molecule has 3 nitrogen and oxygen atoms in total. The summed E-state index contributed by atoms with van der Waals surface area (Å²) in [7, 11) is 0. The minimum Gasteiger partial charge on any atom is -0.393 e. The quantitative estimate of drug-likeness (QED) is 0.424. The molecule has 1 saturated heterocycles. The Morgan fingerprint density at radius 3 is 2.26 bits per heavy atom. The van der Waals surface area contributed by atoms with Crippen molar-refractivity contribution in [2.45, 2.75) is 30.3 Å². The van der Waals surface area contributed by atoms with E-state index in [0.29, 0.717) is 5.57 Å². The van der Waals surface area contributed by atoms with Crippen LogP contribution in [0, 0.1) is 5.92 Å². The summed E-state index contributed by atoms with van der Waals surface area (Å²) in [5.74, 6) is -1.75. The highest BCUT2D eigenvalue weighted by molar-refractivity contribution is 6.26. The van der Waals surface area contributed by atoms with E-state index in [0.717, 1.165) is 6.08 Å². The minimum atomic E-state index is -4.55. The van der Waals surface area contributed by atoms with Gasteiger partial charge in [0.1, 0.15) is 0 Å². The number of rotatable bonds is 1. The Bertz CT molecular complexity index is 465. The van der Waals surface area contributed by atoms with Gasteiger partial charge in [0.15, 0.2) is 4.87 Å². The normalized spacial score (nSPS) is 29.2. The molecule has 1 aliphatic carbocycles. The molecule has 0 N–H and O–H groups in total. The van der Waals surface area contributed by atoms with Crippen molar-refractivity contribution in [2.24, 2.45) is 5.92 Å². The highest BCUT2D eigenvalue weighted by Crippen LogP contribution is 2.44. The summed E-state index contributed by atoms with van der Waals surface area (Å²) in [5.41, 5.74) is 0.519. The monoisotopic (exact) mass is 294 g/mol. The predicted molar refractivity (Wildman–Crippen MR) is 60.3 cm³/mol. The average molecular weight is 295 g/mol. The third-order valence-electron chi connectivity index (χ3n) is 3.17. The van der Waals surface area contributed by atoms with Crippen molar-refractivity contribution in [3.63, 3.8) is 0 Å². The molecule has 2 rings (SSSR count). The molecule has 1 fully saturated rings. The Labute approximate surface area is 112 Å². The Kier molecular flexibility index (Phi) is 3.47. The minimum absolute atomic E-state index is 0.0107. The largest absolute Gasteiger partial charge is 0.411 e. The van der Waals surface area contributed by atoms with E-state index >= 15 is 0 Å². The second kappa shape index (κ2) is 4.67. The number of allylic oxidation sites excluding steroid dienone is 4. The van der Waals surface area contributed by atoms with E-state index in [1.165, 1.54) is 12.2 Å². The van der Waals surface area contributed by atoms with Crippen LogP contribution in [-0.2, 0) is 14.3 Å². The SMILES string of the molecule is O=C1CC(C2=CCC(Cl)(C(F)(F)F)C=C2)CC(=O)O1. The summed E-state index contributed by atoms with van der Waals surface area (Å²) < 4.78 is 42.4. The molecule has 0 bridgehead atoms. The third-order valence-corrected chi connectivity index (χ3v) is 3.67. The number of halogens is 4. The summed E-state index contributed by atoms with van der Waals surface area (Å²) in [6.07, 6.45) is -1.55. The third kappa shape index (κ3) is 2.83. The Balaban J connectivity index is 2.12. The summed E-state index contributed by atoms with van der Waals surface area (Å²) in [6.45, 7) is 0. The predicted octanol–water partition coefficient (Wildman–Crippen LogP) is 2.89. The lowest BCUT2D eigenvalue weighted by Gasteiger charge is -2.30. The van der Waals surface area contributed by atoms with Gasteiger partial charge in [-0.15, -0.1) is 11.6 Å². The molecule has 1 heterocycles. The number of carbonyl (C=O) groups is 2. The highest BCUT2D eigenvalue weighted by atomic mass is 35.5. The zero-order valence-corrected chi connectivity index (χ0v) is 10.4. The molecule has 0 spiro atoms. The maximum absolute atomic E-state index is 12.7. The molecule has 7 heteroatoms. The van der Waals surface area contributed by atoms with Gasteiger partial charge in [0, 0.05) is 5.92 Å². The van der Waals surface area contributed by atoms with Crippen molar-refractivity contribution >= 4 is 23.5 Å². The zero-order valence-electron chi connectivity index (χ0n) is 9.67. The molecule has 19 heavy (non-hydrogen) atoms. The molecular weight excluding hydrogens is 285 g/mol. The van der Waals surface area contributed by atoms with Gasteiger partial charge in [0.05, 0.1) is 12.8 Å². The molecule has 1 unspecified atom stereocenters. The Hall–Kier alpha value is -1.30. The van der Waals surface area contributed by atoms with Crippen LogP contribution in [-0.4, -0.2) is 23.0 Å². The molecule has 1 atom stereocenters. The summed E-state index contributed by atoms with van der Waals surface area (Å²) in [5, 5.41) is 0. The summed E-state index contributed by atoms with van der Waals surface area (Å²) in [6, 6.07) is 0. The first kappa shape index (κ1) is 14.1. The lowest BCUT2D eigenvalue weighted by molar-refractivity contribution is -0.164. The maximum atomic E-state index is 12.7. The topological polar surface area (TPSA) is 43.4 Å². The van der Waals surface area contributed by atoms with Gasteiger partial charge in [-0.1, -0.05) is 18.2 Å². The average Bonchev–Trinajstić information content (AvgIpc) is 2.27. The van der Waals surface area contributed by atoms with Crippen molar-refractivity contribution in [3.05, 3.63) is 23.8 Å². The lowest BCUT2D eigenvalue weighted by Crippen LogP contribution is -2.39. The number of cyclic esters (lactones) is 2. The van der Waals surface area contributed by atoms with E-state index < -0.39 is 35.3 Å². The summed E-state index contributed by atoms with van der Waals surface area (Å²) in [4.78, 5) is 19.8. The van der Waals surface area contributed by atoms with Gasteiger partial charge in [-0.05, 0) is 12.0 Å². The van der Waals surface area contributed by atoms with Gasteiger partial charge >= 0.3 is 18.1 Å². The molecule has 0 amide bonds. The van der Waals surface area contributed by atoms with Crippen LogP contribution in [0.3, 0.4) is 0 Å². The zero-order chi connectivity index (χ0) is 14.3. The fourth-order valence-corrected chi connectivity index (χ4v) is 2.20. The lowest BCUT2D eigenvalue weighted by atomic mass is 9.84. The van der Waals surface area contributed by atoms with E-state index in [1.54, 1.807) is 0 Å². The molecule has 104 valence electrons. The smallest absolute Gasteiger partial charge is 0.393 e. The molecule has 0 radical (unpaired) electrons. The van der Waals surface area contributed by atoms with Gasteiger partial charge in [0.2, 0.25) is 0 Å². The standard InChI is InChI=1S/C12H10ClF3O3/c13-11(12(14,15)16)3-1-7(2-4-11)8-5-9(17)19-10(18)6-8/h1-3,8H,4-6H2. The first-order valence-electron chi connectivity index (χ1n) is 5.60. The molecule has 0 aromatic rings. The van der Waals surface area contributed by atoms with Crippen molar-refractivity contribution < 1.29 is 27.5 Å². The van der Waals surface area contributed by atoms with Crippen LogP contribution in [0.1, 0.15) is 19.3 Å². The van der Waals surface area contributed by atoms with E-state index in [4.69, 9.17) is 11.6 Å². The summed E-state index contributed by atoms with van der Waals surface area (Å²) >= 11 is 5.50. The van der Waals surface area contributed by atoms with E-state index in [2.05, 4.69) is 4.74 Å². The van der Waals surface area contributed by atoms with Gasteiger partial charge < -0.3 is 4.74 Å². The van der Waals surface area contributed by atoms with Crippen LogP contribution >= 0.6 is 11.6 Å². The first-order chi connectivity index (χ1) is 8.71. The Morgan fingerprint density at radius 2 is 1.84 bits per heavy atom. The van der Waals surface area contributed by atoms with Crippen LogP contribution < -0.4 is 0 Å².